The topological polar surface area (TPSA) is 46.0 Å². The lowest BCUT2D eigenvalue weighted by molar-refractivity contribution is 0.138. The van der Waals surface area contributed by atoms with Crippen LogP contribution in [-0.4, -0.2) is 21.4 Å². The largest absolute Gasteiger partial charge is 0.393 e. The Bertz CT molecular complexity index is 495. The van der Waals surface area contributed by atoms with Crippen molar-refractivity contribution in [2.24, 2.45) is 5.92 Å². The van der Waals surface area contributed by atoms with Gasteiger partial charge < -0.3 is 5.11 Å². The molecule has 0 saturated carbocycles. The lowest BCUT2D eigenvalue weighted by Gasteiger charge is -2.23. The molecule has 1 aromatic heterocycles. The molecular formula is C14H18N2O. The summed E-state index contributed by atoms with van der Waals surface area (Å²) in [5.74, 6) is 0.351. The fourth-order valence-electron chi connectivity index (χ4n) is 2.40. The van der Waals surface area contributed by atoms with Crippen LogP contribution < -0.4 is 0 Å². The zero-order valence-electron chi connectivity index (χ0n) is 10.5. The Morgan fingerprint density at radius 1 is 1.12 bits per heavy atom. The van der Waals surface area contributed by atoms with Crippen LogP contribution in [-0.2, 0) is 0 Å². The first-order valence-electron chi connectivity index (χ1n) is 5.99. The molecule has 1 heterocycles. The van der Waals surface area contributed by atoms with Gasteiger partial charge in [0.05, 0.1) is 18.0 Å². The molecule has 90 valence electrons. The van der Waals surface area contributed by atoms with Gasteiger partial charge in [-0.2, -0.15) is 10.2 Å². The van der Waals surface area contributed by atoms with Gasteiger partial charge >= 0.3 is 0 Å². The van der Waals surface area contributed by atoms with Crippen LogP contribution in [0.1, 0.15) is 32.4 Å². The first-order valence-corrected chi connectivity index (χ1v) is 5.99. The van der Waals surface area contributed by atoms with Crippen LogP contribution in [0.4, 0.5) is 0 Å². The molecule has 0 bridgehead atoms. The van der Waals surface area contributed by atoms with Crippen molar-refractivity contribution >= 4 is 10.8 Å². The third kappa shape index (κ3) is 2.29. The fraction of sp³-hybridized carbons (Fsp3) is 0.429. The molecule has 0 amide bonds. The SMILES string of the molecule is CC(C)C(c1nncc2ccccc12)C(C)O. The van der Waals surface area contributed by atoms with E-state index in [0.29, 0.717) is 5.92 Å². The van der Waals surface area contributed by atoms with Gasteiger partial charge in [0.15, 0.2) is 0 Å². The summed E-state index contributed by atoms with van der Waals surface area (Å²) in [5.41, 5.74) is 0.896. The Morgan fingerprint density at radius 3 is 2.47 bits per heavy atom. The van der Waals surface area contributed by atoms with Gasteiger partial charge in [-0.05, 0) is 12.8 Å². The summed E-state index contributed by atoms with van der Waals surface area (Å²) in [7, 11) is 0. The standard InChI is InChI=1S/C14H18N2O/c1-9(2)13(10(3)17)14-12-7-5-4-6-11(12)8-15-16-14/h4-10,13,17H,1-3H3. The highest BCUT2D eigenvalue weighted by atomic mass is 16.3. The second kappa shape index (κ2) is 4.80. The van der Waals surface area contributed by atoms with Gasteiger partial charge in [-0.15, -0.1) is 0 Å². The zero-order chi connectivity index (χ0) is 12.4. The molecule has 0 spiro atoms. The monoisotopic (exact) mass is 230 g/mol. The van der Waals surface area contributed by atoms with Crippen molar-refractivity contribution in [1.82, 2.24) is 10.2 Å². The van der Waals surface area contributed by atoms with Gasteiger partial charge in [0.25, 0.3) is 0 Å². The third-order valence-electron chi connectivity index (χ3n) is 3.15. The van der Waals surface area contributed by atoms with Crippen molar-refractivity contribution in [3.05, 3.63) is 36.2 Å². The lowest BCUT2D eigenvalue weighted by Crippen LogP contribution is -2.21. The zero-order valence-corrected chi connectivity index (χ0v) is 10.5. The Morgan fingerprint density at radius 2 is 1.82 bits per heavy atom. The van der Waals surface area contributed by atoms with E-state index in [4.69, 9.17) is 0 Å². The highest BCUT2D eigenvalue weighted by molar-refractivity contribution is 5.84. The predicted octanol–water partition coefficient (Wildman–Crippen LogP) is 2.75. The van der Waals surface area contributed by atoms with Crippen molar-refractivity contribution < 1.29 is 5.11 Å². The summed E-state index contributed by atoms with van der Waals surface area (Å²) in [6.45, 7) is 6.01. The van der Waals surface area contributed by atoms with E-state index in [9.17, 15) is 5.11 Å². The van der Waals surface area contributed by atoms with Gasteiger partial charge in [0, 0.05) is 16.7 Å². The third-order valence-corrected chi connectivity index (χ3v) is 3.15. The molecule has 0 radical (unpaired) electrons. The predicted molar refractivity (Wildman–Crippen MR) is 68.8 cm³/mol. The minimum Gasteiger partial charge on any atom is -0.393 e. The van der Waals surface area contributed by atoms with Gasteiger partial charge in [-0.25, -0.2) is 0 Å². The van der Waals surface area contributed by atoms with Crippen LogP contribution in [0.2, 0.25) is 0 Å². The summed E-state index contributed by atoms with van der Waals surface area (Å²) in [4.78, 5) is 0. The lowest BCUT2D eigenvalue weighted by atomic mass is 9.86. The smallest absolute Gasteiger partial charge is 0.0768 e. The van der Waals surface area contributed by atoms with E-state index in [1.54, 1.807) is 6.20 Å². The number of hydrogen-bond donors (Lipinski definition) is 1. The van der Waals surface area contributed by atoms with Gasteiger partial charge in [0.1, 0.15) is 0 Å². The summed E-state index contributed by atoms with van der Waals surface area (Å²) in [5, 5.41) is 20.4. The molecule has 2 rings (SSSR count). The maximum Gasteiger partial charge on any atom is 0.0768 e. The van der Waals surface area contributed by atoms with Crippen LogP contribution in [0, 0.1) is 5.92 Å². The summed E-state index contributed by atoms with van der Waals surface area (Å²) >= 11 is 0. The minimum atomic E-state index is -0.421. The van der Waals surface area contributed by atoms with Crippen molar-refractivity contribution in [3.63, 3.8) is 0 Å². The van der Waals surface area contributed by atoms with E-state index in [0.717, 1.165) is 16.5 Å². The van der Waals surface area contributed by atoms with Crippen LogP contribution in [0.5, 0.6) is 0 Å². The Labute approximate surface area is 102 Å². The number of aromatic nitrogens is 2. The number of rotatable bonds is 3. The van der Waals surface area contributed by atoms with Crippen LogP contribution in [0.25, 0.3) is 10.8 Å². The molecule has 2 unspecified atom stereocenters. The van der Waals surface area contributed by atoms with Crippen LogP contribution >= 0.6 is 0 Å². The Balaban J connectivity index is 2.61. The van der Waals surface area contributed by atoms with Crippen molar-refractivity contribution in [2.45, 2.75) is 32.8 Å². The highest BCUT2D eigenvalue weighted by Gasteiger charge is 2.24. The molecule has 2 atom stereocenters. The average Bonchev–Trinajstić information content (AvgIpc) is 2.28. The minimum absolute atomic E-state index is 0.0219. The fourth-order valence-corrected chi connectivity index (χ4v) is 2.40. The van der Waals surface area contributed by atoms with E-state index >= 15 is 0 Å². The molecule has 0 aliphatic heterocycles. The van der Waals surface area contributed by atoms with Crippen LogP contribution in [0.15, 0.2) is 30.5 Å². The normalized spacial score (nSPS) is 15.1. The summed E-state index contributed by atoms with van der Waals surface area (Å²) in [6.07, 6.45) is 1.34. The number of benzene rings is 1. The van der Waals surface area contributed by atoms with E-state index < -0.39 is 6.10 Å². The summed E-state index contributed by atoms with van der Waals surface area (Å²) < 4.78 is 0. The maximum atomic E-state index is 9.93. The molecule has 0 fully saturated rings. The van der Waals surface area contributed by atoms with Gasteiger partial charge in [-0.1, -0.05) is 38.1 Å². The molecule has 3 nitrogen and oxygen atoms in total. The molecule has 1 N–H and O–H groups in total. The van der Waals surface area contributed by atoms with Crippen molar-refractivity contribution in [2.75, 3.05) is 0 Å². The number of aliphatic hydroxyl groups excluding tert-OH is 1. The van der Waals surface area contributed by atoms with Crippen molar-refractivity contribution in [3.8, 4) is 0 Å². The molecular weight excluding hydrogens is 212 g/mol. The Kier molecular flexibility index (Phi) is 3.38. The highest BCUT2D eigenvalue weighted by Crippen LogP contribution is 2.30. The molecule has 17 heavy (non-hydrogen) atoms. The second-order valence-electron chi connectivity index (χ2n) is 4.83. The van der Waals surface area contributed by atoms with Crippen LogP contribution in [0.3, 0.4) is 0 Å². The number of hydrogen-bond acceptors (Lipinski definition) is 3. The average molecular weight is 230 g/mol. The van der Waals surface area contributed by atoms with E-state index in [-0.39, 0.29) is 5.92 Å². The molecule has 0 aliphatic rings. The molecule has 0 aliphatic carbocycles. The molecule has 3 heteroatoms. The van der Waals surface area contributed by atoms with E-state index in [2.05, 4.69) is 24.0 Å². The first kappa shape index (κ1) is 12.0. The number of fused-ring (bicyclic) bond motifs is 1. The summed E-state index contributed by atoms with van der Waals surface area (Å²) in [6, 6.07) is 8.04. The second-order valence-corrected chi connectivity index (χ2v) is 4.83. The molecule has 2 aromatic rings. The maximum absolute atomic E-state index is 9.93. The van der Waals surface area contributed by atoms with Crippen molar-refractivity contribution in [1.29, 1.82) is 0 Å². The van der Waals surface area contributed by atoms with Gasteiger partial charge in [-0.3, -0.25) is 0 Å². The molecule has 1 aromatic carbocycles. The number of aliphatic hydroxyl groups is 1. The van der Waals surface area contributed by atoms with Gasteiger partial charge in [0.2, 0.25) is 0 Å². The van der Waals surface area contributed by atoms with E-state index in [1.165, 1.54) is 0 Å². The van der Waals surface area contributed by atoms with E-state index in [1.807, 2.05) is 31.2 Å². The molecule has 0 saturated heterocycles. The Hall–Kier alpha value is -1.48. The quantitative estimate of drug-likeness (QED) is 0.881. The first-order chi connectivity index (χ1) is 8.11. The number of nitrogens with zero attached hydrogens (tertiary/aromatic N) is 2.